The fraction of sp³-hybridized carbons (Fsp3) is 0.280. The third-order valence-electron chi connectivity index (χ3n) is 6.01. The molecule has 0 unspecified atom stereocenters. The number of amides is 1. The second kappa shape index (κ2) is 9.86. The predicted molar refractivity (Wildman–Crippen MR) is 128 cm³/mol. The maximum Gasteiger partial charge on any atom is 0.252 e. The lowest BCUT2D eigenvalue weighted by atomic mass is 10.0. The molecule has 1 amide bonds. The molecule has 0 aliphatic carbocycles. The Balaban J connectivity index is 1.43. The first-order valence-electron chi connectivity index (χ1n) is 11.3. The molecule has 1 atom stereocenters. The van der Waals surface area contributed by atoms with E-state index in [2.05, 4.69) is 25.7 Å². The van der Waals surface area contributed by atoms with Crippen molar-refractivity contribution in [2.24, 2.45) is 13.0 Å². The van der Waals surface area contributed by atoms with Crippen molar-refractivity contribution in [1.29, 1.82) is 0 Å². The number of rotatable bonds is 8. The van der Waals surface area contributed by atoms with E-state index in [-0.39, 0.29) is 22.2 Å². The van der Waals surface area contributed by atoms with Crippen LogP contribution in [0.2, 0.25) is 0 Å². The molecule has 0 bridgehead atoms. The quantitative estimate of drug-likeness (QED) is 0.388. The molecular formula is C25H24F2N6O3. The molecule has 1 aliphatic heterocycles. The van der Waals surface area contributed by atoms with Crippen LogP contribution in [0, 0.1) is 17.6 Å². The van der Waals surface area contributed by atoms with Gasteiger partial charge in [0.15, 0.2) is 11.6 Å². The molecule has 0 spiro atoms. The topological polar surface area (TPSA) is 103 Å². The van der Waals surface area contributed by atoms with Crippen LogP contribution in [0.5, 0.6) is 5.75 Å². The summed E-state index contributed by atoms with van der Waals surface area (Å²) in [5.41, 5.74) is 1.46. The highest BCUT2D eigenvalue weighted by Crippen LogP contribution is 2.27. The van der Waals surface area contributed by atoms with E-state index in [1.807, 2.05) is 0 Å². The Labute approximate surface area is 205 Å². The SMILES string of the molecule is COc1ccc([C@H](NC(=O)c2cc(F)c3cnc(NCC4COC4)nc3c2)c2cnn(C)c2)cc1F. The fourth-order valence-corrected chi connectivity index (χ4v) is 3.97. The molecular weight excluding hydrogens is 470 g/mol. The summed E-state index contributed by atoms with van der Waals surface area (Å²) >= 11 is 0. The van der Waals surface area contributed by atoms with E-state index >= 15 is 0 Å². The van der Waals surface area contributed by atoms with E-state index in [9.17, 15) is 13.6 Å². The van der Waals surface area contributed by atoms with Gasteiger partial charge in [-0.25, -0.2) is 18.7 Å². The Kier molecular flexibility index (Phi) is 6.47. The number of carbonyl (C=O) groups is 1. The minimum atomic E-state index is -0.738. The lowest BCUT2D eigenvalue weighted by Gasteiger charge is -2.25. The molecule has 9 nitrogen and oxygen atoms in total. The van der Waals surface area contributed by atoms with Gasteiger partial charge in [0, 0.05) is 43.0 Å². The second-order valence-corrected chi connectivity index (χ2v) is 8.62. The Morgan fingerprint density at radius 3 is 2.69 bits per heavy atom. The van der Waals surface area contributed by atoms with Gasteiger partial charge in [0.1, 0.15) is 5.82 Å². The van der Waals surface area contributed by atoms with Crippen molar-refractivity contribution < 1.29 is 23.0 Å². The second-order valence-electron chi connectivity index (χ2n) is 8.62. The summed E-state index contributed by atoms with van der Waals surface area (Å²) < 4.78 is 41.1. The summed E-state index contributed by atoms with van der Waals surface area (Å²) in [6.45, 7) is 1.99. The maximum absolute atomic E-state index is 14.9. The van der Waals surface area contributed by atoms with Crippen molar-refractivity contribution >= 4 is 22.8 Å². The first-order chi connectivity index (χ1) is 17.4. The fourth-order valence-electron chi connectivity index (χ4n) is 3.97. The van der Waals surface area contributed by atoms with Crippen LogP contribution in [0.4, 0.5) is 14.7 Å². The first kappa shape index (κ1) is 23.6. The summed E-state index contributed by atoms with van der Waals surface area (Å²) in [6.07, 6.45) is 4.68. The molecule has 0 radical (unpaired) electrons. The summed E-state index contributed by atoms with van der Waals surface area (Å²) in [7, 11) is 3.11. The van der Waals surface area contributed by atoms with Crippen molar-refractivity contribution in [1.82, 2.24) is 25.1 Å². The largest absolute Gasteiger partial charge is 0.494 e. The standard InChI is InChI=1S/C25H24F2N6O3/c1-33-11-17(9-30-33)23(15-3-4-22(35-2)20(27)5-15)32-24(34)16-6-19(26)18-10-29-25(31-21(18)7-16)28-8-14-12-36-13-14/h3-7,9-11,14,23H,8,12-13H2,1-2H3,(H,32,34)(H,28,29,31)/t23-/m0/s1. The number of hydrogen-bond donors (Lipinski definition) is 2. The number of fused-ring (bicyclic) bond motifs is 1. The minimum Gasteiger partial charge on any atom is -0.494 e. The number of nitrogens with one attached hydrogen (secondary N) is 2. The molecule has 3 heterocycles. The van der Waals surface area contributed by atoms with Crippen molar-refractivity contribution in [2.75, 3.05) is 32.2 Å². The predicted octanol–water partition coefficient (Wildman–Crippen LogP) is 3.23. The molecule has 2 N–H and O–H groups in total. The number of carbonyl (C=O) groups excluding carboxylic acids is 1. The first-order valence-corrected chi connectivity index (χ1v) is 11.3. The molecule has 2 aromatic heterocycles. The number of aryl methyl sites for hydroxylation is 1. The van der Waals surface area contributed by atoms with E-state index < -0.39 is 23.6 Å². The summed E-state index contributed by atoms with van der Waals surface area (Å²) in [5.74, 6) is -0.940. The van der Waals surface area contributed by atoms with E-state index in [1.165, 1.54) is 31.5 Å². The zero-order valence-electron chi connectivity index (χ0n) is 19.7. The van der Waals surface area contributed by atoms with Crippen LogP contribution in [-0.4, -0.2) is 52.5 Å². The van der Waals surface area contributed by atoms with Crippen LogP contribution >= 0.6 is 0 Å². The summed E-state index contributed by atoms with van der Waals surface area (Å²) in [4.78, 5) is 21.8. The van der Waals surface area contributed by atoms with Gasteiger partial charge in [0.05, 0.1) is 43.5 Å². The molecule has 11 heteroatoms. The molecule has 1 aliphatic rings. The third kappa shape index (κ3) is 4.82. The Morgan fingerprint density at radius 1 is 1.19 bits per heavy atom. The molecule has 4 aromatic rings. The van der Waals surface area contributed by atoms with Gasteiger partial charge in [0.25, 0.3) is 5.91 Å². The summed E-state index contributed by atoms with van der Waals surface area (Å²) in [6, 6.07) is 6.32. The normalized spacial score (nSPS) is 14.3. The average molecular weight is 495 g/mol. The van der Waals surface area contributed by atoms with Crippen LogP contribution in [0.15, 0.2) is 48.9 Å². The van der Waals surface area contributed by atoms with Crippen LogP contribution in [0.1, 0.15) is 27.5 Å². The van der Waals surface area contributed by atoms with E-state index in [0.717, 1.165) is 6.07 Å². The summed E-state index contributed by atoms with van der Waals surface area (Å²) in [5, 5.41) is 10.3. The van der Waals surface area contributed by atoms with Gasteiger partial charge >= 0.3 is 0 Å². The molecule has 36 heavy (non-hydrogen) atoms. The Morgan fingerprint density at radius 2 is 2.03 bits per heavy atom. The van der Waals surface area contributed by atoms with Gasteiger partial charge < -0.3 is 20.1 Å². The van der Waals surface area contributed by atoms with E-state index in [4.69, 9.17) is 9.47 Å². The van der Waals surface area contributed by atoms with Gasteiger partial charge in [-0.2, -0.15) is 5.10 Å². The smallest absolute Gasteiger partial charge is 0.252 e. The molecule has 1 fully saturated rings. The van der Waals surface area contributed by atoms with Gasteiger partial charge in [-0.3, -0.25) is 9.48 Å². The highest BCUT2D eigenvalue weighted by Gasteiger charge is 2.22. The molecule has 186 valence electrons. The number of benzene rings is 2. The van der Waals surface area contributed by atoms with Gasteiger partial charge in [-0.15, -0.1) is 0 Å². The van der Waals surface area contributed by atoms with E-state index in [0.29, 0.717) is 42.8 Å². The molecule has 1 saturated heterocycles. The lowest BCUT2D eigenvalue weighted by Crippen LogP contribution is -2.33. The number of aromatic nitrogens is 4. The molecule has 0 saturated carbocycles. The number of halogens is 2. The van der Waals surface area contributed by atoms with Crippen LogP contribution in [0.25, 0.3) is 10.9 Å². The van der Waals surface area contributed by atoms with Crippen molar-refractivity contribution in [3.63, 3.8) is 0 Å². The Bertz CT molecular complexity index is 1420. The average Bonchev–Trinajstić information content (AvgIpc) is 3.27. The highest BCUT2D eigenvalue weighted by atomic mass is 19.1. The minimum absolute atomic E-state index is 0.0694. The number of hydrogen-bond acceptors (Lipinski definition) is 7. The number of methoxy groups -OCH3 is 1. The number of ether oxygens (including phenoxy) is 2. The molecule has 5 rings (SSSR count). The molecule has 2 aromatic carbocycles. The third-order valence-corrected chi connectivity index (χ3v) is 6.01. The van der Waals surface area contributed by atoms with Crippen LogP contribution in [0.3, 0.4) is 0 Å². The van der Waals surface area contributed by atoms with E-state index in [1.54, 1.807) is 30.2 Å². The van der Waals surface area contributed by atoms with Crippen LogP contribution in [-0.2, 0) is 11.8 Å². The van der Waals surface area contributed by atoms with Crippen LogP contribution < -0.4 is 15.4 Å². The van der Waals surface area contributed by atoms with Gasteiger partial charge in [0.2, 0.25) is 5.95 Å². The zero-order valence-corrected chi connectivity index (χ0v) is 19.7. The monoisotopic (exact) mass is 494 g/mol. The number of nitrogens with zero attached hydrogens (tertiary/aromatic N) is 4. The van der Waals surface area contributed by atoms with Crippen molar-refractivity contribution in [3.05, 3.63) is 77.2 Å². The Hall–Kier alpha value is -4.12. The highest BCUT2D eigenvalue weighted by molar-refractivity contribution is 5.98. The number of anilines is 1. The van der Waals surface area contributed by atoms with Gasteiger partial charge in [-0.1, -0.05) is 6.07 Å². The van der Waals surface area contributed by atoms with Crippen molar-refractivity contribution in [3.8, 4) is 5.75 Å². The van der Waals surface area contributed by atoms with Crippen molar-refractivity contribution in [2.45, 2.75) is 6.04 Å². The lowest BCUT2D eigenvalue weighted by molar-refractivity contribution is -0.0249. The maximum atomic E-state index is 14.9. The van der Waals surface area contributed by atoms with Gasteiger partial charge in [-0.05, 0) is 29.8 Å². The zero-order chi connectivity index (χ0) is 25.2.